The van der Waals surface area contributed by atoms with Crippen LogP contribution in [0.1, 0.15) is 23.2 Å². The molecule has 0 N–H and O–H groups in total. The van der Waals surface area contributed by atoms with Crippen molar-refractivity contribution < 1.29 is 13.9 Å². The smallest absolute Gasteiger partial charge is 0.228 e. The molecule has 0 aliphatic carbocycles. The second kappa shape index (κ2) is 8.77. The molecule has 142 valence electrons. The van der Waals surface area contributed by atoms with Crippen LogP contribution in [0.3, 0.4) is 0 Å². The number of hydrogen-bond acceptors (Lipinski definition) is 3. The average molecular weight is 369 g/mol. The van der Waals surface area contributed by atoms with E-state index in [4.69, 9.17) is 4.74 Å². The second-order valence-corrected chi connectivity index (χ2v) is 6.60. The van der Waals surface area contributed by atoms with Gasteiger partial charge in [0.15, 0.2) is 0 Å². The molecule has 3 aromatic rings. The Morgan fingerprint density at radius 3 is 2.78 bits per heavy atom. The number of halogens is 1. The standard InChI is InChI=1S/C21H24FN3O2/c1-16-5-3-11-25-19(14-23-21(16)25)13-20(26)24(10-4-12-27-2)15-17-6-8-18(22)9-7-17/h3,5-9,11,14H,4,10,12-13,15H2,1-2H3. The van der Waals surface area contributed by atoms with Gasteiger partial charge in [0.1, 0.15) is 11.5 Å². The minimum Gasteiger partial charge on any atom is -0.385 e. The van der Waals surface area contributed by atoms with Gasteiger partial charge in [0.2, 0.25) is 5.91 Å². The number of carbonyl (C=O) groups excluding carboxylic acids is 1. The van der Waals surface area contributed by atoms with Crippen LogP contribution in [-0.4, -0.2) is 40.5 Å². The van der Waals surface area contributed by atoms with Crippen molar-refractivity contribution in [2.75, 3.05) is 20.3 Å². The van der Waals surface area contributed by atoms with Gasteiger partial charge in [-0.1, -0.05) is 18.2 Å². The van der Waals surface area contributed by atoms with E-state index in [1.54, 1.807) is 30.3 Å². The van der Waals surface area contributed by atoms with E-state index in [-0.39, 0.29) is 18.1 Å². The number of hydrogen-bond donors (Lipinski definition) is 0. The van der Waals surface area contributed by atoms with Gasteiger partial charge in [0, 0.05) is 39.2 Å². The number of ether oxygens (including phenoxy) is 1. The number of aryl methyl sites for hydroxylation is 1. The Balaban J connectivity index is 1.76. The molecular formula is C21H24FN3O2. The molecule has 0 spiro atoms. The molecule has 0 fully saturated rings. The third kappa shape index (κ3) is 4.71. The van der Waals surface area contributed by atoms with Gasteiger partial charge in [-0.25, -0.2) is 9.37 Å². The Kier molecular flexibility index (Phi) is 6.19. The first-order valence-corrected chi connectivity index (χ1v) is 9.01. The number of methoxy groups -OCH3 is 1. The number of imidazole rings is 1. The topological polar surface area (TPSA) is 46.8 Å². The highest BCUT2D eigenvalue weighted by Crippen LogP contribution is 2.14. The van der Waals surface area contributed by atoms with E-state index < -0.39 is 0 Å². The number of nitrogens with zero attached hydrogens (tertiary/aromatic N) is 3. The van der Waals surface area contributed by atoms with Crippen molar-refractivity contribution in [2.45, 2.75) is 26.3 Å². The van der Waals surface area contributed by atoms with Crippen molar-refractivity contribution in [1.82, 2.24) is 14.3 Å². The fourth-order valence-corrected chi connectivity index (χ4v) is 3.10. The van der Waals surface area contributed by atoms with Crippen LogP contribution in [0.5, 0.6) is 0 Å². The molecule has 1 amide bonds. The summed E-state index contributed by atoms with van der Waals surface area (Å²) >= 11 is 0. The van der Waals surface area contributed by atoms with Crippen LogP contribution in [0.25, 0.3) is 5.65 Å². The highest BCUT2D eigenvalue weighted by Gasteiger charge is 2.17. The van der Waals surface area contributed by atoms with Crippen LogP contribution in [0.2, 0.25) is 0 Å². The van der Waals surface area contributed by atoms with Crippen molar-refractivity contribution in [3.8, 4) is 0 Å². The third-order valence-electron chi connectivity index (χ3n) is 4.56. The summed E-state index contributed by atoms with van der Waals surface area (Å²) in [4.78, 5) is 19.2. The largest absolute Gasteiger partial charge is 0.385 e. The first-order chi connectivity index (χ1) is 13.1. The Morgan fingerprint density at radius 2 is 2.04 bits per heavy atom. The Bertz CT molecular complexity index is 905. The minimum atomic E-state index is -0.280. The fourth-order valence-electron chi connectivity index (χ4n) is 3.10. The molecule has 27 heavy (non-hydrogen) atoms. The molecule has 0 unspecified atom stereocenters. The van der Waals surface area contributed by atoms with Gasteiger partial charge in [-0.15, -0.1) is 0 Å². The number of aromatic nitrogens is 2. The molecule has 0 aliphatic heterocycles. The van der Waals surface area contributed by atoms with E-state index >= 15 is 0 Å². The van der Waals surface area contributed by atoms with Crippen LogP contribution in [0.4, 0.5) is 4.39 Å². The predicted octanol–water partition coefficient (Wildman–Crippen LogP) is 3.39. The highest BCUT2D eigenvalue weighted by molar-refractivity contribution is 5.78. The third-order valence-corrected chi connectivity index (χ3v) is 4.56. The molecule has 2 heterocycles. The molecule has 0 saturated carbocycles. The average Bonchev–Trinajstić information content (AvgIpc) is 3.07. The summed E-state index contributed by atoms with van der Waals surface area (Å²) in [6, 6.07) is 10.2. The number of pyridine rings is 1. The van der Waals surface area contributed by atoms with Crippen LogP contribution >= 0.6 is 0 Å². The zero-order valence-corrected chi connectivity index (χ0v) is 15.7. The first kappa shape index (κ1) is 19.0. The zero-order chi connectivity index (χ0) is 19.2. The fraction of sp³-hybridized carbons (Fsp3) is 0.333. The van der Waals surface area contributed by atoms with E-state index in [1.807, 2.05) is 29.7 Å². The first-order valence-electron chi connectivity index (χ1n) is 9.01. The number of carbonyl (C=O) groups is 1. The van der Waals surface area contributed by atoms with Crippen LogP contribution in [-0.2, 0) is 22.5 Å². The van der Waals surface area contributed by atoms with E-state index in [2.05, 4.69) is 4.98 Å². The summed E-state index contributed by atoms with van der Waals surface area (Å²) in [5.41, 5.74) is 3.69. The summed E-state index contributed by atoms with van der Waals surface area (Å²) in [7, 11) is 1.65. The van der Waals surface area contributed by atoms with E-state index in [9.17, 15) is 9.18 Å². The summed E-state index contributed by atoms with van der Waals surface area (Å²) in [6.07, 6.45) is 4.69. The molecule has 6 heteroatoms. The normalized spacial score (nSPS) is 11.1. The van der Waals surface area contributed by atoms with Crippen molar-refractivity contribution >= 4 is 11.6 Å². The van der Waals surface area contributed by atoms with E-state index in [0.29, 0.717) is 19.7 Å². The Labute approximate surface area is 158 Å². The summed E-state index contributed by atoms with van der Waals surface area (Å²) < 4.78 is 20.2. The van der Waals surface area contributed by atoms with Gasteiger partial charge in [-0.2, -0.15) is 0 Å². The van der Waals surface area contributed by atoms with E-state index in [1.165, 1.54) is 12.1 Å². The monoisotopic (exact) mass is 369 g/mol. The maximum atomic E-state index is 13.2. The molecule has 1 aromatic carbocycles. The molecule has 0 atom stereocenters. The maximum Gasteiger partial charge on any atom is 0.228 e. The van der Waals surface area contributed by atoms with Crippen LogP contribution < -0.4 is 0 Å². The summed E-state index contributed by atoms with van der Waals surface area (Å²) in [5.74, 6) is -0.268. The number of amides is 1. The van der Waals surface area contributed by atoms with Crippen molar-refractivity contribution in [1.29, 1.82) is 0 Å². The van der Waals surface area contributed by atoms with Gasteiger partial charge in [-0.3, -0.25) is 4.79 Å². The van der Waals surface area contributed by atoms with Gasteiger partial charge in [-0.05, 0) is 42.7 Å². The number of benzene rings is 1. The van der Waals surface area contributed by atoms with Gasteiger partial charge < -0.3 is 14.0 Å². The Hall–Kier alpha value is -2.73. The lowest BCUT2D eigenvalue weighted by Crippen LogP contribution is -2.33. The van der Waals surface area contributed by atoms with E-state index in [0.717, 1.165) is 28.9 Å². The molecule has 3 rings (SSSR count). The van der Waals surface area contributed by atoms with Crippen LogP contribution in [0, 0.1) is 12.7 Å². The molecule has 0 saturated heterocycles. The lowest BCUT2D eigenvalue weighted by molar-refractivity contribution is -0.131. The summed E-state index contributed by atoms with van der Waals surface area (Å²) in [6.45, 7) is 3.61. The number of rotatable bonds is 8. The highest BCUT2D eigenvalue weighted by atomic mass is 19.1. The molecule has 0 bridgehead atoms. The van der Waals surface area contributed by atoms with Crippen LogP contribution in [0.15, 0.2) is 48.8 Å². The molecule has 5 nitrogen and oxygen atoms in total. The zero-order valence-electron chi connectivity index (χ0n) is 15.7. The van der Waals surface area contributed by atoms with Gasteiger partial charge in [0.25, 0.3) is 0 Å². The van der Waals surface area contributed by atoms with Crippen molar-refractivity contribution in [2.24, 2.45) is 0 Å². The van der Waals surface area contributed by atoms with Gasteiger partial charge in [0.05, 0.1) is 12.1 Å². The predicted molar refractivity (Wildman–Crippen MR) is 102 cm³/mol. The molecule has 0 radical (unpaired) electrons. The minimum absolute atomic E-state index is 0.0127. The SMILES string of the molecule is COCCCN(Cc1ccc(F)cc1)C(=O)Cc1cnc2c(C)cccn12. The van der Waals surface area contributed by atoms with Crippen molar-refractivity contribution in [3.05, 3.63) is 71.4 Å². The lowest BCUT2D eigenvalue weighted by atomic mass is 10.2. The molecular weight excluding hydrogens is 345 g/mol. The Morgan fingerprint density at radius 1 is 1.26 bits per heavy atom. The van der Waals surface area contributed by atoms with Gasteiger partial charge >= 0.3 is 0 Å². The lowest BCUT2D eigenvalue weighted by Gasteiger charge is -2.23. The number of fused-ring (bicyclic) bond motifs is 1. The summed E-state index contributed by atoms with van der Waals surface area (Å²) in [5, 5.41) is 0. The molecule has 2 aromatic heterocycles. The maximum absolute atomic E-state index is 13.2. The van der Waals surface area contributed by atoms with Crippen molar-refractivity contribution in [3.63, 3.8) is 0 Å². The second-order valence-electron chi connectivity index (χ2n) is 6.60. The molecule has 0 aliphatic rings. The quantitative estimate of drug-likeness (QED) is 0.572.